The molecule has 0 spiro atoms. The molecule has 1 heterocycles. The van der Waals surface area contributed by atoms with Crippen LogP contribution in [0, 0.1) is 13.8 Å². The van der Waals surface area contributed by atoms with Gasteiger partial charge in [-0.2, -0.15) is 0 Å². The number of hydrogen-bond acceptors (Lipinski definition) is 2. The first-order valence-electron chi connectivity index (χ1n) is 6.75. The third kappa shape index (κ3) is 2.11. The van der Waals surface area contributed by atoms with Crippen LogP contribution in [0.15, 0.2) is 48.5 Å². The Labute approximate surface area is 118 Å². The van der Waals surface area contributed by atoms with E-state index in [1.54, 1.807) is 6.07 Å². The third-order valence-electron chi connectivity index (χ3n) is 3.70. The maximum absolute atomic E-state index is 10.1. The number of phenolic OH excluding ortho intramolecular Hbond substituents is 1. The molecule has 2 aromatic carbocycles. The Morgan fingerprint density at radius 1 is 0.950 bits per heavy atom. The second-order valence-corrected chi connectivity index (χ2v) is 5.07. The van der Waals surface area contributed by atoms with Crippen LogP contribution < -0.4 is 5.43 Å². The Hall–Kier alpha value is -2.42. The molecule has 0 bridgehead atoms. The Kier molecular flexibility index (Phi) is 3.11. The summed E-state index contributed by atoms with van der Waals surface area (Å²) < 4.78 is 2.04. The number of rotatable bonds is 3. The molecule has 102 valence electrons. The molecular formula is C17H18N2O. The highest BCUT2D eigenvalue weighted by molar-refractivity contribution is 5.87. The van der Waals surface area contributed by atoms with Gasteiger partial charge in [0, 0.05) is 17.0 Å². The Balaban J connectivity index is 1.97. The summed E-state index contributed by atoms with van der Waals surface area (Å²) in [4.78, 5) is 0. The van der Waals surface area contributed by atoms with Crippen LogP contribution in [-0.4, -0.2) is 9.78 Å². The molecular weight excluding hydrogens is 248 g/mol. The van der Waals surface area contributed by atoms with Crippen molar-refractivity contribution < 1.29 is 5.11 Å². The van der Waals surface area contributed by atoms with Gasteiger partial charge < -0.3 is 10.5 Å². The minimum atomic E-state index is 0.332. The SMILES string of the molecule is Cc1ccc(C)n1NCc1c(O)ccc2ccccc12. The number of nitrogens with one attached hydrogen (secondary N) is 1. The van der Waals surface area contributed by atoms with Gasteiger partial charge >= 0.3 is 0 Å². The van der Waals surface area contributed by atoms with Gasteiger partial charge in [0.25, 0.3) is 0 Å². The quantitative estimate of drug-likeness (QED) is 0.758. The van der Waals surface area contributed by atoms with E-state index < -0.39 is 0 Å². The molecule has 0 radical (unpaired) electrons. The molecule has 3 rings (SSSR count). The minimum Gasteiger partial charge on any atom is -0.508 e. The van der Waals surface area contributed by atoms with Gasteiger partial charge in [0.15, 0.2) is 0 Å². The second-order valence-electron chi connectivity index (χ2n) is 5.07. The van der Waals surface area contributed by atoms with E-state index in [-0.39, 0.29) is 0 Å². The zero-order valence-electron chi connectivity index (χ0n) is 11.7. The largest absolute Gasteiger partial charge is 0.508 e. The molecule has 0 aliphatic carbocycles. The van der Waals surface area contributed by atoms with Gasteiger partial charge in [-0.1, -0.05) is 30.3 Å². The summed E-state index contributed by atoms with van der Waals surface area (Å²) in [6.07, 6.45) is 0. The molecule has 2 N–H and O–H groups in total. The van der Waals surface area contributed by atoms with Gasteiger partial charge in [-0.25, -0.2) is 0 Å². The molecule has 0 aliphatic heterocycles. The number of nitrogens with zero attached hydrogens (tertiary/aromatic N) is 1. The summed E-state index contributed by atoms with van der Waals surface area (Å²) in [6.45, 7) is 4.70. The van der Waals surface area contributed by atoms with E-state index in [4.69, 9.17) is 0 Å². The monoisotopic (exact) mass is 266 g/mol. The summed E-state index contributed by atoms with van der Waals surface area (Å²) >= 11 is 0. The van der Waals surface area contributed by atoms with Crippen LogP contribution >= 0.6 is 0 Å². The first-order valence-corrected chi connectivity index (χ1v) is 6.75. The van der Waals surface area contributed by atoms with Crippen molar-refractivity contribution in [3.63, 3.8) is 0 Å². The molecule has 0 fully saturated rings. The average Bonchev–Trinajstić information content (AvgIpc) is 2.77. The van der Waals surface area contributed by atoms with Crippen molar-refractivity contribution in [3.8, 4) is 5.75 Å². The lowest BCUT2D eigenvalue weighted by atomic mass is 10.0. The minimum absolute atomic E-state index is 0.332. The van der Waals surface area contributed by atoms with E-state index in [0.717, 1.165) is 27.7 Å². The lowest BCUT2D eigenvalue weighted by Gasteiger charge is -2.15. The summed E-state index contributed by atoms with van der Waals surface area (Å²) in [5, 5.41) is 12.4. The number of hydrogen-bond donors (Lipinski definition) is 2. The highest BCUT2D eigenvalue weighted by Gasteiger charge is 2.07. The fourth-order valence-electron chi connectivity index (χ4n) is 2.59. The number of phenols is 1. The summed E-state index contributed by atoms with van der Waals surface area (Å²) in [5.74, 6) is 0.332. The highest BCUT2D eigenvalue weighted by Crippen LogP contribution is 2.27. The van der Waals surface area contributed by atoms with Gasteiger partial charge in [-0.3, -0.25) is 4.68 Å². The van der Waals surface area contributed by atoms with Crippen LogP contribution in [0.4, 0.5) is 0 Å². The summed E-state index contributed by atoms with van der Waals surface area (Å²) in [6, 6.07) is 16.0. The molecule has 3 heteroatoms. The average molecular weight is 266 g/mol. The smallest absolute Gasteiger partial charge is 0.121 e. The van der Waals surface area contributed by atoms with Crippen LogP contribution in [0.25, 0.3) is 10.8 Å². The normalized spacial score (nSPS) is 10.9. The van der Waals surface area contributed by atoms with E-state index in [0.29, 0.717) is 12.3 Å². The fraction of sp³-hybridized carbons (Fsp3) is 0.176. The third-order valence-corrected chi connectivity index (χ3v) is 3.70. The van der Waals surface area contributed by atoms with E-state index in [9.17, 15) is 5.11 Å². The highest BCUT2D eigenvalue weighted by atomic mass is 16.3. The zero-order chi connectivity index (χ0) is 14.1. The lowest BCUT2D eigenvalue weighted by Crippen LogP contribution is -2.17. The van der Waals surface area contributed by atoms with Crippen molar-refractivity contribution in [1.29, 1.82) is 0 Å². The fourth-order valence-corrected chi connectivity index (χ4v) is 2.59. The molecule has 0 unspecified atom stereocenters. The standard InChI is InChI=1S/C17H18N2O/c1-12-7-8-13(2)19(12)18-11-16-15-6-4-3-5-14(15)9-10-17(16)20/h3-10,18,20H,11H2,1-2H3. The molecule has 0 atom stereocenters. The van der Waals surface area contributed by atoms with Crippen LogP contribution in [0.3, 0.4) is 0 Å². The van der Waals surface area contributed by atoms with Crippen molar-refractivity contribution in [2.75, 3.05) is 5.43 Å². The van der Waals surface area contributed by atoms with Crippen molar-refractivity contribution >= 4 is 10.8 Å². The summed E-state index contributed by atoms with van der Waals surface area (Å²) in [7, 11) is 0. The number of fused-ring (bicyclic) bond motifs is 1. The number of benzene rings is 2. The van der Waals surface area contributed by atoms with Gasteiger partial charge in [-0.05, 0) is 42.8 Å². The molecule has 0 amide bonds. The lowest BCUT2D eigenvalue weighted by molar-refractivity contribution is 0.469. The topological polar surface area (TPSA) is 37.2 Å². The van der Waals surface area contributed by atoms with Gasteiger partial charge in [0.2, 0.25) is 0 Å². The van der Waals surface area contributed by atoms with Crippen molar-refractivity contribution in [3.05, 3.63) is 65.5 Å². The Bertz CT molecular complexity index is 739. The predicted molar refractivity (Wildman–Crippen MR) is 82.6 cm³/mol. The molecule has 1 aromatic heterocycles. The first-order chi connectivity index (χ1) is 9.66. The molecule has 0 saturated carbocycles. The van der Waals surface area contributed by atoms with E-state index >= 15 is 0 Å². The van der Waals surface area contributed by atoms with Crippen LogP contribution in [0.1, 0.15) is 17.0 Å². The molecule has 20 heavy (non-hydrogen) atoms. The maximum atomic E-state index is 10.1. The van der Waals surface area contributed by atoms with Crippen molar-refractivity contribution in [2.45, 2.75) is 20.4 Å². The Morgan fingerprint density at radius 2 is 1.65 bits per heavy atom. The van der Waals surface area contributed by atoms with E-state index in [1.165, 1.54) is 0 Å². The number of aromatic nitrogens is 1. The van der Waals surface area contributed by atoms with E-state index in [1.807, 2.05) is 28.9 Å². The maximum Gasteiger partial charge on any atom is 0.121 e. The molecule has 3 aromatic rings. The molecule has 3 nitrogen and oxygen atoms in total. The van der Waals surface area contributed by atoms with Crippen LogP contribution in [-0.2, 0) is 6.54 Å². The van der Waals surface area contributed by atoms with Crippen LogP contribution in [0.5, 0.6) is 5.75 Å². The van der Waals surface area contributed by atoms with Gasteiger partial charge in [0.1, 0.15) is 5.75 Å². The number of aryl methyl sites for hydroxylation is 2. The summed E-state index contributed by atoms with van der Waals surface area (Å²) in [5.41, 5.74) is 6.60. The van der Waals surface area contributed by atoms with Gasteiger partial charge in [0.05, 0.1) is 6.54 Å². The number of aromatic hydroxyl groups is 1. The van der Waals surface area contributed by atoms with Crippen LogP contribution in [0.2, 0.25) is 0 Å². The van der Waals surface area contributed by atoms with Crippen molar-refractivity contribution in [2.24, 2.45) is 0 Å². The van der Waals surface area contributed by atoms with E-state index in [2.05, 4.69) is 37.5 Å². The zero-order valence-corrected chi connectivity index (χ0v) is 11.7. The Morgan fingerprint density at radius 3 is 2.40 bits per heavy atom. The molecule has 0 aliphatic rings. The second kappa shape index (κ2) is 4.93. The predicted octanol–water partition coefficient (Wildman–Crippen LogP) is 3.71. The van der Waals surface area contributed by atoms with Crippen molar-refractivity contribution in [1.82, 2.24) is 4.68 Å². The first kappa shape index (κ1) is 12.6. The van der Waals surface area contributed by atoms with Gasteiger partial charge in [-0.15, -0.1) is 0 Å². The molecule has 0 saturated heterocycles.